The van der Waals surface area contributed by atoms with Crippen molar-refractivity contribution in [3.63, 3.8) is 0 Å². The van der Waals surface area contributed by atoms with E-state index in [0.29, 0.717) is 27.5 Å². The van der Waals surface area contributed by atoms with E-state index in [-0.39, 0.29) is 48.7 Å². The van der Waals surface area contributed by atoms with Crippen molar-refractivity contribution in [1.29, 1.82) is 0 Å². The average Bonchev–Trinajstić information content (AvgIpc) is 3.28. The monoisotopic (exact) mass is 677 g/mol. The van der Waals surface area contributed by atoms with Crippen LogP contribution in [0.2, 0.25) is 10.0 Å². The highest BCUT2D eigenvalue weighted by Gasteiger charge is 2.36. The number of carbonyl (C=O) groups excluding carboxylic acids is 2. The molecule has 10 heteroatoms. The molecule has 1 heterocycles. The zero-order valence-corrected chi connectivity index (χ0v) is 27.8. The van der Waals surface area contributed by atoms with Gasteiger partial charge in [-0.1, -0.05) is 103 Å². The van der Waals surface area contributed by atoms with Gasteiger partial charge in [0.1, 0.15) is 6.04 Å². The second-order valence-corrected chi connectivity index (χ2v) is 14.8. The quantitative estimate of drug-likeness (QED) is 0.178. The maximum Gasteiger partial charge on any atom is 0.265 e. The zero-order chi connectivity index (χ0) is 32.3. The Kier molecular flexibility index (Phi) is 9.87. The van der Waals surface area contributed by atoms with E-state index in [1.807, 2.05) is 54.6 Å². The van der Waals surface area contributed by atoms with Crippen LogP contribution in [0.3, 0.4) is 0 Å². The molecule has 0 radical (unpaired) electrons. The minimum absolute atomic E-state index is 0.0572. The molecule has 0 saturated heterocycles. The Labute approximate surface area is 280 Å². The molecule has 0 unspecified atom stereocenters. The molecule has 1 atom stereocenters. The third-order valence-corrected chi connectivity index (χ3v) is 11.6. The first-order valence-corrected chi connectivity index (χ1v) is 18.0. The Bertz CT molecular complexity index is 1840. The Morgan fingerprint density at radius 3 is 2.35 bits per heavy atom. The van der Waals surface area contributed by atoms with Crippen LogP contribution in [0.5, 0.6) is 0 Å². The summed E-state index contributed by atoms with van der Waals surface area (Å²) in [5, 5.41) is 5.58. The molecule has 240 valence electrons. The first kappa shape index (κ1) is 32.4. The summed E-state index contributed by atoms with van der Waals surface area (Å²) >= 11 is 12.5. The fourth-order valence-electron chi connectivity index (χ4n) is 6.65. The van der Waals surface area contributed by atoms with Crippen molar-refractivity contribution in [2.24, 2.45) is 0 Å². The normalized spacial score (nSPS) is 16.3. The second kappa shape index (κ2) is 14.0. The van der Waals surface area contributed by atoms with Gasteiger partial charge in [0.2, 0.25) is 11.8 Å². The summed E-state index contributed by atoms with van der Waals surface area (Å²) in [7, 11) is -3.74. The van der Waals surface area contributed by atoms with Crippen molar-refractivity contribution < 1.29 is 18.0 Å². The molecule has 1 N–H and O–H groups in total. The summed E-state index contributed by atoms with van der Waals surface area (Å²) < 4.78 is 28.4. The van der Waals surface area contributed by atoms with Crippen molar-refractivity contribution in [3.05, 3.63) is 106 Å². The van der Waals surface area contributed by atoms with Gasteiger partial charge in [-0.2, -0.15) is 0 Å². The molecule has 7 nitrogen and oxygen atoms in total. The predicted octanol–water partition coefficient (Wildman–Crippen LogP) is 7.52. The SMILES string of the molecule is O=C(NC1CCCCC1)[C@@H](Cc1ccccc1)N(Cc1ccc(Cl)c(Cl)c1)C(=O)CCCN1c2cccc3cccc(c23)S1(=O)=O. The van der Waals surface area contributed by atoms with Crippen LogP contribution in [0.15, 0.2) is 89.8 Å². The van der Waals surface area contributed by atoms with Crippen molar-refractivity contribution in [2.75, 3.05) is 10.8 Å². The molecule has 0 spiro atoms. The molecule has 1 aliphatic heterocycles. The molecule has 4 aromatic carbocycles. The largest absolute Gasteiger partial charge is 0.352 e. The van der Waals surface area contributed by atoms with Gasteiger partial charge in [0.05, 0.1) is 20.6 Å². The average molecular weight is 679 g/mol. The van der Waals surface area contributed by atoms with E-state index in [9.17, 15) is 18.0 Å². The van der Waals surface area contributed by atoms with Gasteiger partial charge in [-0.25, -0.2) is 8.42 Å². The van der Waals surface area contributed by atoms with Gasteiger partial charge in [0, 0.05) is 37.4 Å². The van der Waals surface area contributed by atoms with Gasteiger partial charge in [-0.15, -0.1) is 0 Å². The molecule has 6 rings (SSSR count). The Morgan fingerprint density at radius 1 is 0.870 bits per heavy atom. The highest BCUT2D eigenvalue weighted by Crippen LogP contribution is 2.42. The number of carbonyl (C=O) groups is 2. The maximum atomic E-state index is 14.2. The maximum absolute atomic E-state index is 14.2. The minimum Gasteiger partial charge on any atom is -0.352 e. The second-order valence-electron chi connectivity index (χ2n) is 12.1. The van der Waals surface area contributed by atoms with Crippen LogP contribution in [-0.2, 0) is 32.6 Å². The summed E-state index contributed by atoms with van der Waals surface area (Å²) in [6.07, 6.45) is 5.81. The van der Waals surface area contributed by atoms with Crippen LogP contribution < -0.4 is 9.62 Å². The summed E-state index contributed by atoms with van der Waals surface area (Å²) in [5.74, 6) is -0.425. The van der Waals surface area contributed by atoms with Gasteiger partial charge in [0.15, 0.2) is 0 Å². The lowest BCUT2D eigenvalue weighted by Crippen LogP contribution is -2.52. The van der Waals surface area contributed by atoms with Gasteiger partial charge < -0.3 is 10.2 Å². The number of sulfonamides is 1. The first-order valence-electron chi connectivity index (χ1n) is 15.8. The van der Waals surface area contributed by atoms with Crippen molar-refractivity contribution >= 4 is 61.5 Å². The van der Waals surface area contributed by atoms with Gasteiger partial charge >= 0.3 is 0 Å². The molecule has 0 aromatic heterocycles. The zero-order valence-electron chi connectivity index (χ0n) is 25.5. The number of hydrogen-bond donors (Lipinski definition) is 1. The van der Waals surface area contributed by atoms with E-state index in [4.69, 9.17) is 23.2 Å². The minimum atomic E-state index is -3.74. The number of rotatable bonds is 11. The number of hydrogen-bond acceptors (Lipinski definition) is 4. The van der Waals surface area contributed by atoms with Crippen LogP contribution >= 0.6 is 23.2 Å². The topological polar surface area (TPSA) is 86.8 Å². The van der Waals surface area contributed by atoms with E-state index < -0.39 is 16.1 Å². The molecule has 1 fully saturated rings. The third-order valence-electron chi connectivity index (χ3n) is 8.99. The van der Waals surface area contributed by atoms with Crippen LogP contribution in [0.4, 0.5) is 5.69 Å². The highest BCUT2D eigenvalue weighted by atomic mass is 35.5. The van der Waals surface area contributed by atoms with Gasteiger partial charge in [-0.3, -0.25) is 13.9 Å². The van der Waals surface area contributed by atoms with E-state index in [1.165, 1.54) is 4.31 Å². The van der Waals surface area contributed by atoms with Gasteiger partial charge in [-0.05, 0) is 60.0 Å². The molecule has 1 aliphatic carbocycles. The molecular weight excluding hydrogens is 641 g/mol. The van der Waals surface area contributed by atoms with Crippen molar-refractivity contribution in [2.45, 2.75) is 74.9 Å². The van der Waals surface area contributed by atoms with E-state index >= 15 is 0 Å². The van der Waals surface area contributed by atoms with Crippen LogP contribution in [0.1, 0.15) is 56.1 Å². The van der Waals surface area contributed by atoms with E-state index in [2.05, 4.69) is 5.32 Å². The molecule has 2 aliphatic rings. The molecule has 0 bridgehead atoms. The lowest BCUT2D eigenvalue weighted by Gasteiger charge is -2.34. The highest BCUT2D eigenvalue weighted by molar-refractivity contribution is 7.93. The number of halogens is 2. The number of nitrogens with zero attached hydrogens (tertiary/aromatic N) is 2. The van der Waals surface area contributed by atoms with Gasteiger partial charge in [0.25, 0.3) is 10.0 Å². The summed E-state index contributed by atoms with van der Waals surface area (Å²) in [5.41, 5.74) is 2.31. The van der Waals surface area contributed by atoms with Crippen LogP contribution in [0, 0.1) is 0 Å². The van der Waals surface area contributed by atoms with E-state index in [0.717, 1.165) is 48.6 Å². The van der Waals surface area contributed by atoms with E-state index in [1.54, 1.807) is 35.2 Å². The van der Waals surface area contributed by atoms with Crippen LogP contribution in [-0.4, -0.2) is 43.8 Å². The summed E-state index contributed by atoms with van der Waals surface area (Å²) in [6.45, 7) is 0.290. The fourth-order valence-corrected chi connectivity index (χ4v) is 8.72. The Balaban J connectivity index is 1.26. The lowest BCUT2D eigenvalue weighted by molar-refractivity contribution is -0.141. The van der Waals surface area contributed by atoms with Crippen molar-refractivity contribution in [3.8, 4) is 0 Å². The molecule has 4 aromatic rings. The third kappa shape index (κ3) is 6.89. The Morgan fingerprint density at radius 2 is 1.61 bits per heavy atom. The number of anilines is 1. The summed E-state index contributed by atoms with van der Waals surface area (Å²) in [6, 6.07) is 25.0. The fraction of sp³-hybridized carbons (Fsp3) is 0.333. The van der Waals surface area contributed by atoms with Crippen molar-refractivity contribution in [1.82, 2.24) is 10.2 Å². The Hall–Kier alpha value is -3.59. The molecule has 2 amide bonds. The molecular formula is C36H37Cl2N3O4S. The number of benzene rings is 4. The first-order chi connectivity index (χ1) is 22.2. The molecule has 1 saturated carbocycles. The summed E-state index contributed by atoms with van der Waals surface area (Å²) in [4.78, 5) is 30.1. The number of amides is 2. The lowest BCUT2D eigenvalue weighted by atomic mass is 9.94. The number of nitrogens with one attached hydrogen (secondary N) is 1. The molecule has 46 heavy (non-hydrogen) atoms. The smallest absolute Gasteiger partial charge is 0.265 e. The standard InChI is InChI=1S/C36H37Cl2N3O4S/c37-29-20-19-26(22-30(29)38)24-40(32(23-25-10-3-1-4-11-25)36(43)39-28-14-5-2-6-15-28)34(42)18-9-21-41-31-16-7-12-27-13-8-17-33(35(27)31)46(41,44)45/h1,3-4,7-8,10-13,16-17,19-20,22,28,32H,2,5-6,9,14-15,18,21,23-24H2,(H,39,43)/t32-/m1/s1. The van der Waals surface area contributed by atoms with Crippen LogP contribution in [0.25, 0.3) is 10.8 Å². The predicted molar refractivity (Wildman–Crippen MR) is 184 cm³/mol.